The molecular weight excluding hydrogens is 385 g/mol. The third-order valence-corrected chi connectivity index (χ3v) is 5.17. The van der Waals surface area contributed by atoms with Crippen LogP contribution in [-0.2, 0) is 0 Å². The minimum atomic E-state index is -0.435. The Morgan fingerprint density at radius 3 is 2.30 bits per heavy atom. The zero-order chi connectivity index (χ0) is 21.4. The van der Waals surface area contributed by atoms with Gasteiger partial charge < -0.3 is 21.1 Å². The molecule has 7 heteroatoms. The smallest absolute Gasteiger partial charge is 0.196 e. The summed E-state index contributed by atoms with van der Waals surface area (Å²) in [6.07, 6.45) is 0. The highest BCUT2D eigenvalue weighted by Gasteiger charge is 2.35. The molecule has 152 valence electrons. The number of nitrogens with one attached hydrogen (secondary N) is 1. The number of benzene rings is 3. The largest absolute Gasteiger partial charge is 0.396 e. The van der Waals surface area contributed by atoms with Crippen LogP contribution in [0.25, 0.3) is 0 Å². The topological polar surface area (TPSA) is 95.7 Å². The lowest BCUT2D eigenvalue weighted by Gasteiger charge is -2.27. The number of ketones is 2. The molecule has 4 N–H and O–H groups in total. The van der Waals surface area contributed by atoms with Crippen LogP contribution in [0, 0.1) is 5.82 Å². The Morgan fingerprint density at radius 1 is 1.00 bits per heavy atom. The van der Waals surface area contributed by atoms with Crippen LogP contribution < -0.4 is 16.0 Å². The molecule has 0 spiro atoms. The van der Waals surface area contributed by atoms with Crippen molar-refractivity contribution in [2.24, 2.45) is 0 Å². The van der Waals surface area contributed by atoms with Gasteiger partial charge in [0.1, 0.15) is 5.82 Å². The molecule has 0 aromatic heterocycles. The summed E-state index contributed by atoms with van der Waals surface area (Å²) in [4.78, 5) is 28.3. The normalized spacial score (nSPS) is 12.4. The maximum absolute atomic E-state index is 13.7. The van der Waals surface area contributed by atoms with Crippen molar-refractivity contribution in [2.45, 2.75) is 0 Å². The van der Waals surface area contributed by atoms with Crippen LogP contribution in [0.4, 0.5) is 27.1 Å². The molecule has 3 aromatic rings. The van der Waals surface area contributed by atoms with Crippen LogP contribution in [-0.4, -0.2) is 36.9 Å². The van der Waals surface area contributed by atoms with Gasteiger partial charge in [-0.3, -0.25) is 9.59 Å². The lowest BCUT2D eigenvalue weighted by Crippen LogP contribution is -2.27. The minimum absolute atomic E-state index is 0.111. The Morgan fingerprint density at radius 2 is 1.67 bits per heavy atom. The molecule has 3 aromatic carbocycles. The van der Waals surface area contributed by atoms with E-state index >= 15 is 0 Å². The van der Waals surface area contributed by atoms with Crippen LogP contribution in [0.1, 0.15) is 31.8 Å². The number of aliphatic hydroxyl groups excluding tert-OH is 1. The van der Waals surface area contributed by atoms with Crippen LogP contribution in [0.15, 0.2) is 54.6 Å². The second kappa shape index (κ2) is 7.61. The van der Waals surface area contributed by atoms with E-state index in [1.807, 2.05) is 0 Å². The zero-order valence-corrected chi connectivity index (χ0v) is 16.3. The average molecular weight is 405 g/mol. The quantitative estimate of drug-likeness (QED) is 0.441. The van der Waals surface area contributed by atoms with E-state index in [1.165, 1.54) is 12.1 Å². The summed E-state index contributed by atoms with van der Waals surface area (Å²) < 4.78 is 13.7. The molecule has 0 saturated carbocycles. The summed E-state index contributed by atoms with van der Waals surface area (Å²) in [7, 11) is 1.73. The van der Waals surface area contributed by atoms with Crippen molar-refractivity contribution in [3.8, 4) is 0 Å². The summed E-state index contributed by atoms with van der Waals surface area (Å²) in [5.74, 6) is -1.11. The van der Waals surface area contributed by atoms with E-state index in [4.69, 9.17) is 5.73 Å². The van der Waals surface area contributed by atoms with Crippen LogP contribution in [0.2, 0.25) is 0 Å². The highest BCUT2D eigenvalue weighted by Crippen LogP contribution is 2.41. The van der Waals surface area contributed by atoms with Gasteiger partial charge in [0.15, 0.2) is 11.6 Å². The van der Waals surface area contributed by atoms with E-state index in [9.17, 15) is 19.1 Å². The van der Waals surface area contributed by atoms with E-state index in [0.717, 1.165) is 0 Å². The number of rotatable bonds is 5. The maximum atomic E-state index is 13.7. The van der Waals surface area contributed by atoms with Crippen molar-refractivity contribution in [3.05, 3.63) is 82.7 Å². The molecule has 0 aliphatic heterocycles. The van der Waals surface area contributed by atoms with Gasteiger partial charge in [-0.15, -0.1) is 0 Å². The van der Waals surface area contributed by atoms with Crippen LogP contribution >= 0.6 is 0 Å². The molecule has 0 radical (unpaired) electrons. The molecule has 0 saturated heterocycles. The summed E-state index contributed by atoms with van der Waals surface area (Å²) in [6.45, 7) is 0.163. The maximum Gasteiger partial charge on any atom is 0.196 e. The van der Waals surface area contributed by atoms with Gasteiger partial charge in [-0.05, 0) is 24.3 Å². The first-order chi connectivity index (χ1) is 14.4. The lowest BCUT2D eigenvalue weighted by atomic mass is 9.81. The number of halogens is 1. The van der Waals surface area contributed by atoms with Gasteiger partial charge in [0.2, 0.25) is 0 Å². The average Bonchev–Trinajstić information content (AvgIpc) is 2.73. The van der Waals surface area contributed by atoms with Crippen molar-refractivity contribution < 1.29 is 19.1 Å². The molecule has 1 aliphatic carbocycles. The van der Waals surface area contributed by atoms with E-state index in [0.29, 0.717) is 28.2 Å². The zero-order valence-electron chi connectivity index (χ0n) is 16.3. The molecule has 0 amide bonds. The molecule has 0 fully saturated rings. The number of hydrogen-bond donors (Lipinski definition) is 3. The van der Waals surface area contributed by atoms with Crippen molar-refractivity contribution in [2.75, 3.05) is 36.1 Å². The second-order valence-electron chi connectivity index (χ2n) is 7.09. The Kier molecular flexibility index (Phi) is 4.97. The molecule has 30 heavy (non-hydrogen) atoms. The number of hydrogen-bond acceptors (Lipinski definition) is 6. The Labute approximate surface area is 172 Å². The van der Waals surface area contributed by atoms with Gasteiger partial charge >= 0.3 is 0 Å². The Balaban J connectivity index is 1.96. The third-order valence-electron chi connectivity index (χ3n) is 5.17. The summed E-state index contributed by atoms with van der Waals surface area (Å²) in [5.41, 5.74) is 8.63. The molecule has 1 aliphatic rings. The van der Waals surface area contributed by atoms with Crippen molar-refractivity contribution in [1.82, 2.24) is 0 Å². The van der Waals surface area contributed by atoms with Gasteiger partial charge in [0, 0.05) is 30.4 Å². The number of aliphatic hydroxyl groups is 1. The Bertz CT molecular complexity index is 1180. The van der Waals surface area contributed by atoms with Crippen molar-refractivity contribution in [3.63, 3.8) is 0 Å². The number of nitrogens with zero attached hydrogens (tertiary/aromatic N) is 1. The molecule has 0 bridgehead atoms. The van der Waals surface area contributed by atoms with Crippen LogP contribution in [0.3, 0.4) is 0 Å². The fourth-order valence-corrected chi connectivity index (χ4v) is 3.71. The number of carbonyl (C=O) groups is 2. The Hall–Kier alpha value is -3.71. The van der Waals surface area contributed by atoms with Gasteiger partial charge in [-0.2, -0.15) is 0 Å². The molecule has 0 atom stereocenters. The van der Waals surface area contributed by atoms with Crippen molar-refractivity contribution >= 4 is 34.3 Å². The number of anilines is 4. The number of likely N-dealkylation sites (N-methyl/N-ethyl adjacent to an activating group) is 1. The first-order valence-corrected chi connectivity index (χ1v) is 9.42. The fraction of sp³-hybridized carbons (Fsp3) is 0.130. The monoisotopic (exact) mass is 405 g/mol. The molecule has 4 rings (SSSR count). The number of nitrogens with two attached hydrogens (primary N) is 1. The molecular formula is C23H20FN3O3. The predicted octanol–water partition coefficient (Wildman–Crippen LogP) is 3.36. The number of fused-ring (bicyclic) bond motifs is 2. The lowest BCUT2D eigenvalue weighted by molar-refractivity contribution is 0.0980. The van der Waals surface area contributed by atoms with E-state index in [2.05, 4.69) is 5.32 Å². The van der Waals surface area contributed by atoms with Crippen LogP contribution in [0.5, 0.6) is 0 Å². The highest BCUT2D eigenvalue weighted by atomic mass is 19.1. The van der Waals surface area contributed by atoms with E-state index in [-0.39, 0.29) is 41.5 Å². The first kappa shape index (κ1) is 19.6. The van der Waals surface area contributed by atoms with Gasteiger partial charge in [0.25, 0.3) is 0 Å². The van der Waals surface area contributed by atoms with E-state index in [1.54, 1.807) is 54.4 Å². The molecule has 0 unspecified atom stereocenters. The highest BCUT2D eigenvalue weighted by molar-refractivity contribution is 6.32. The standard InChI is InChI=1S/C23H20FN3O3/c1-27(9-10-28)18-12-17(26-14-6-4-5-13(24)11-14)19-20(21(18)25)23(30)16-8-3-2-7-15(16)22(19)29/h2-8,11-12,26,28H,9-10,25H2,1H3. The van der Waals surface area contributed by atoms with Gasteiger partial charge in [-0.25, -0.2) is 4.39 Å². The van der Waals surface area contributed by atoms with Gasteiger partial charge in [0.05, 0.1) is 34.8 Å². The summed E-state index contributed by atoms with van der Waals surface area (Å²) in [5, 5.41) is 12.4. The number of nitrogen functional groups attached to an aromatic ring is 1. The van der Waals surface area contributed by atoms with Gasteiger partial charge in [-0.1, -0.05) is 30.3 Å². The molecule has 0 heterocycles. The third kappa shape index (κ3) is 3.19. The second-order valence-corrected chi connectivity index (χ2v) is 7.09. The SMILES string of the molecule is CN(CCO)c1cc(Nc2cccc(F)c2)c2c(c1N)C(=O)c1ccccc1C2=O. The molecule has 6 nitrogen and oxygen atoms in total. The summed E-state index contributed by atoms with van der Waals surface area (Å²) >= 11 is 0. The predicted molar refractivity (Wildman–Crippen MR) is 114 cm³/mol. The summed E-state index contributed by atoms with van der Waals surface area (Å²) in [6, 6.07) is 14.1. The van der Waals surface area contributed by atoms with Crippen molar-refractivity contribution in [1.29, 1.82) is 0 Å². The minimum Gasteiger partial charge on any atom is -0.396 e. The first-order valence-electron chi connectivity index (χ1n) is 9.42. The number of carbonyl (C=O) groups excluding carboxylic acids is 2. The fourth-order valence-electron chi connectivity index (χ4n) is 3.71. The van der Waals surface area contributed by atoms with E-state index < -0.39 is 5.82 Å².